The number of carbonyl (C=O) groups is 2. The van der Waals surface area contributed by atoms with Gasteiger partial charge in [0.05, 0.1) is 18.8 Å². The highest BCUT2D eigenvalue weighted by Crippen LogP contribution is 2.19. The lowest BCUT2D eigenvalue weighted by atomic mass is 9.96. The van der Waals surface area contributed by atoms with Gasteiger partial charge in [-0.05, 0) is 44.2 Å². The summed E-state index contributed by atoms with van der Waals surface area (Å²) in [4.78, 5) is 24.0. The minimum absolute atomic E-state index is 0.343. The molecule has 1 aromatic heterocycles. The molecule has 0 aliphatic heterocycles. The van der Waals surface area contributed by atoms with Gasteiger partial charge in [-0.3, -0.25) is 4.79 Å². The van der Waals surface area contributed by atoms with Gasteiger partial charge in [0.25, 0.3) is 0 Å². The Morgan fingerprint density at radius 2 is 1.59 bits per heavy atom. The summed E-state index contributed by atoms with van der Waals surface area (Å²) in [6.45, 7) is 1.47. The molecular formula is C26H42O6. The van der Waals surface area contributed by atoms with Gasteiger partial charge in [0.2, 0.25) is 0 Å². The Labute approximate surface area is 193 Å². The van der Waals surface area contributed by atoms with Crippen LogP contribution in [0.5, 0.6) is 0 Å². The predicted octanol–water partition coefficient (Wildman–Crippen LogP) is 5.51. The van der Waals surface area contributed by atoms with Crippen LogP contribution in [-0.4, -0.2) is 34.9 Å². The van der Waals surface area contributed by atoms with Crippen molar-refractivity contribution < 1.29 is 29.0 Å². The Morgan fingerprint density at radius 1 is 0.969 bits per heavy atom. The lowest BCUT2D eigenvalue weighted by Crippen LogP contribution is -2.32. The van der Waals surface area contributed by atoms with E-state index in [-0.39, 0.29) is 0 Å². The van der Waals surface area contributed by atoms with Crippen molar-refractivity contribution in [2.24, 2.45) is 5.92 Å². The third kappa shape index (κ3) is 13.5. The van der Waals surface area contributed by atoms with E-state index in [4.69, 9.17) is 14.3 Å². The maximum absolute atomic E-state index is 12.4. The van der Waals surface area contributed by atoms with Gasteiger partial charge in [0, 0.05) is 6.42 Å². The molecule has 0 aromatic carbocycles. The minimum atomic E-state index is -1.70. The third-order valence-electron chi connectivity index (χ3n) is 5.57. The molecule has 6 heteroatoms. The SMILES string of the molecule is CCCCCCCC/C=C\CCCCCCC(Cc1ccco1)C(=O)OC(=O)C(O)CO. The Hall–Kier alpha value is -1.92. The van der Waals surface area contributed by atoms with Gasteiger partial charge in [-0.25, -0.2) is 4.79 Å². The number of carbonyl (C=O) groups excluding carboxylic acids is 2. The monoisotopic (exact) mass is 450 g/mol. The highest BCUT2D eigenvalue weighted by molar-refractivity contribution is 5.89. The largest absolute Gasteiger partial charge is 0.469 e. The molecule has 0 bridgehead atoms. The van der Waals surface area contributed by atoms with Crippen molar-refractivity contribution in [1.82, 2.24) is 0 Å². The lowest BCUT2D eigenvalue weighted by molar-refractivity contribution is -0.170. The molecule has 0 spiro atoms. The molecule has 0 amide bonds. The molecule has 2 N–H and O–H groups in total. The van der Waals surface area contributed by atoms with Crippen molar-refractivity contribution >= 4 is 11.9 Å². The maximum Gasteiger partial charge on any atom is 0.345 e. The van der Waals surface area contributed by atoms with Crippen LogP contribution in [0.1, 0.15) is 96.2 Å². The van der Waals surface area contributed by atoms with Crippen LogP contribution in [0.2, 0.25) is 0 Å². The van der Waals surface area contributed by atoms with Gasteiger partial charge in [0.1, 0.15) is 5.76 Å². The van der Waals surface area contributed by atoms with Crippen molar-refractivity contribution in [3.8, 4) is 0 Å². The summed E-state index contributed by atoms with van der Waals surface area (Å²) in [7, 11) is 0. The van der Waals surface area contributed by atoms with Crippen molar-refractivity contribution in [2.75, 3.05) is 6.61 Å². The Bertz CT molecular complexity index is 622. The number of hydrogen-bond acceptors (Lipinski definition) is 6. The molecule has 0 fully saturated rings. The number of aliphatic hydroxyl groups excluding tert-OH is 2. The van der Waals surface area contributed by atoms with Crippen LogP contribution < -0.4 is 0 Å². The summed E-state index contributed by atoms with van der Waals surface area (Å²) < 4.78 is 10.1. The number of rotatable bonds is 19. The van der Waals surface area contributed by atoms with Gasteiger partial charge < -0.3 is 19.4 Å². The average molecular weight is 451 g/mol. The van der Waals surface area contributed by atoms with E-state index < -0.39 is 30.6 Å². The molecule has 0 radical (unpaired) electrons. The van der Waals surface area contributed by atoms with Crippen LogP contribution in [0.4, 0.5) is 0 Å². The fraction of sp³-hybridized carbons (Fsp3) is 0.692. The topological polar surface area (TPSA) is 97.0 Å². The molecule has 6 nitrogen and oxygen atoms in total. The van der Waals surface area contributed by atoms with Gasteiger partial charge in [0.15, 0.2) is 6.10 Å². The number of esters is 2. The highest BCUT2D eigenvalue weighted by atomic mass is 16.6. The molecule has 2 unspecified atom stereocenters. The molecule has 32 heavy (non-hydrogen) atoms. The predicted molar refractivity (Wildman–Crippen MR) is 125 cm³/mol. The third-order valence-corrected chi connectivity index (χ3v) is 5.57. The number of furan rings is 1. The van der Waals surface area contributed by atoms with E-state index in [9.17, 15) is 14.7 Å². The molecular weight excluding hydrogens is 408 g/mol. The number of ether oxygens (including phenoxy) is 1. The van der Waals surface area contributed by atoms with E-state index in [2.05, 4.69) is 19.1 Å². The smallest absolute Gasteiger partial charge is 0.345 e. The fourth-order valence-corrected chi connectivity index (χ4v) is 3.58. The second kappa shape index (κ2) is 18.6. The standard InChI is InChI=1S/C26H42O6/c1-2-3-4-5-6-7-8-9-10-11-12-13-14-15-17-22(20-23-18-16-19-31-23)25(29)32-26(30)24(28)21-27/h9-10,16,18-19,22,24,27-28H,2-8,11-15,17,20-21H2,1H3/b10-9-. The first kappa shape index (κ1) is 28.1. The molecule has 0 saturated carbocycles. The van der Waals surface area contributed by atoms with Crippen LogP contribution in [0.25, 0.3) is 0 Å². The zero-order chi connectivity index (χ0) is 23.4. The first-order chi connectivity index (χ1) is 15.6. The fourth-order valence-electron chi connectivity index (χ4n) is 3.58. The van der Waals surface area contributed by atoms with Gasteiger partial charge in [-0.1, -0.05) is 70.4 Å². The normalized spacial score (nSPS) is 13.3. The van der Waals surface area contributed by atoms with Crippen molar-refractivity contribution in [3.63, 3.8) is 0 Å². The van der Waals surface area contributed by atoms with E-state index in [1.807, 2.05) is 0 Å². The molecule has 1 heterocycles. The first-order valence-corrected chi connectivity index (χ1v) is 12.3. The molecule has 1 aromatic rings. The molecule has 2 atom stereocenters. The van der Waals surface area contributed by atoms with E-state index in [1.54, 1.807) is 18.4 Å². The van der Waals surface area contributed by atoms with Crippen LogP contribution >= 0.6 is 0 Å². The van der Waals surface area contributed by atoms with E-state index in [0.29, 0.717) is 18.6 Å². The zero-order valence-corrected chi connectivity index (χ0v) is 19.7. The molecule has 182 valence electrons. The van der Waals surface area contributed by atoms with E-state index >= 15 is 0 Å². The Balaban J connectivity index is 2.21. The second-order valence-electron chi connectivity index (χ2n) is 8.44. The van der Waals surface area contributed by atoms with E-state index in [1.165, 1.54) is 44.9 Å². The van der Waals surface area contributed by atoms with Crippen LogP contribution in [0.3, 0.4) is 0 Å². The zero-order valence-electron chi connectivity index (χ0n) is 19.7. The lowest BCUT2D eigenvalue weighted by Gasteiger charge is -2.15. The van der Waals surface area contributed by atoms with Gasteiger partial charge >= 0.3 is 11.9 Å². The summed E-state index contributed by atoms with van der Waals surface area (Å²) in [5.41, 5.74) is 0. The highest BCUT2D eigenvalue weighted by Gasteiger charge is 2.26. The van der Waals surface area contributed by atoms with Crippen LogP contribution in [0, 0.1) is 5.92 Å². The van der Waals surface area contributed by atoms with Gasteiger partial charge in [-0.15, -0.1) is 0 Å². The van der Waals surface area contributed by atoms with Crippen LogP contribution in [0.15, 0.2) is 35.0 Å². The number of hydrogen-bond donors (Lipinski definition) is 2. The number of aliphatic hydroxyl groups is 2. The maximum atomic E-state index is 12.4. The summed E-state index contributed by atoms with van der Waals surface area (Å²) in [5.74, 6) is -1.67. The quantitative estimate of drug-likeness (QED) is 0.125. The molecule has 0 aliphatic carbocycles. The van der Waals surface area contributed by atoms with Crippen molar-refractivity contribution in [3.05, 3.63) is 36.3 Å². The average Bonchev–Trinajstić information content (AvgIpc) is 3.31. The summed E-state index contributed by atoms with van der Waals surface area (Å²) in [5, 5.41) is 18.1. The Kier molecular flexibility index (Phi) is 16.4. The van der Waals surface area contributed by atoms with Crippen molar-refractivity contribution in [1.29, 1.82) is 0 Å². The molecule has 0 saturated heterocycles. The Morgan fingerprint density at radius 3 is 2.19 bits per heavy atom. The summed E-state index contributed by atoms with van der Waals surface area (Å²) in [6.07, 6.45) is 19.6. The summed E-state index contributed by atoms with van der Waals surface area (Å²) in [6, 6.07) is 3.53. The summed E-state index contributed by atoms with van der Waals surface area (Å²) >= 11 is 0. The van der Waals surface area contributed by atoms with Crippen LogP contribution in [-0.2, 0) is 20.7 Å². The van der Waals surface area contributed by atoms with Crippen molar-refractivity contribution in [2.45, 2.75) is 103 Å². The minimum Gasteiger partial charge on any atom is -0.469 e. The first-order valence-electron chi connectivity index (χ1n) is 12.3. The number of unbranched alkanes of at least 4 members (excludes halogenated alkanes) is 10. The molecule has 0 aliphatic rings. The number of allylic oxidation sites excluding steroid dienone is 2. The van der Waals surface area contributed by atoms with E-state index in [0.717, 1.165) is 32.1 Å². The van der Waals surface area contributed by atoms with Gasteiger partial charge in [-0.2, -0.15) is 0 Å². The second-order valence-corrected chi connectivity index (χ2v) is 8.44. The molecule has 1 rings (SSSR count).